The molecule has 0 atom stereocenters. The van der Waals surface area contributed by atoms with Crippen molar-refractivity contribution in [2.75, 3.05) is 44.7 Å². The van der Waals surface area contributed by atoms with Crippen molar-refractivity contribution in [1.82, 2.24) is 20.2 Å². The van der Waals surface area contributed by atoms with Crippen molar-refractivity contribution in [3.8, 4) is 0 Å². The molecule has 0 aromatic carbocycles. The molecule has 1 saturated heterocycles. The van der Waals surface area contributed by atoms with Crippen LogP contribution >= 0.6 is 0 Å². The zero-order chi connectivity index (χ0) is 12.1. The molecular formula is C12H23N5. The fraction of sp³-hybridized carbons (Fsp3) is 0.750. The van der Waals surface area contributed by atoms with Gasteiger partial charge >= 0.3 is 0 Å². The van der Waals surface area contributed by atoms with Crippen molar-refractivity contribution in [1.29, 1.82) is 0 Å². The Balaban J connectivity index is 1.85. The maximum Gasteiger partial charge on any atom is 0.203 e. The summed E-state index contributed by atoms with van der Waals surface area (Å²) in [5.74, 6) is 1.02. The largest absolute Gasteiger partial charge is 0.340 e. The Hall–Kier alpha value is -1.07. The number of imidazole rings is 1. The second-order valence-corrected chi connectivity index (χ2v) is 4.70. The van der Waals surface area contributed by atoms with E-state index in [1.807, 2.05) is 6.20 Å². The lowest BCUT2D eigenvalue weighted by Gasteiger charge is -2.32. The third-order valence-electron chi connectivity index (χ3n) is 3.16. The molecular weight excluding hydrogens is 214 g/mol. The summed E-state index contributed by atoms with van der Waals surface area (Å²) in [5.41, 5.74) is 1.17. The molecule has 1 aromatic heterocycles. The average molecular weight is 237 g/mol. The minimum absolute atomic E-state index is 0.884. The van der Waals surface area contributed by atoms with Crippen LogP contribution in [0.3, 0.4) is 0 Å². The molecule has 2 heterocycles. The molecule has 0 saturated carbocycles. The third kappa shape index (κ3) is 3.44. The minimum Gasteiger partial charge on any atom is -0.340 e. The molecule has 0 amide bonds. The van der Waals surface area contributed by atoms with Gasteiger partial charge in [0.1, 0.15) is 0 Å². The van der Waals surface area contributed by atoms with E-state index in [4.69, 9.17) is 0 Å². The third-order valence-corrected chi connectivity index (χ3v) is 3.16. The van der Waals surface area contributed by atoms with Gasteiger partial charge in [-0.2, -0.15) is 0 Å². The second-order valence-electron chi connectivity index (χ2n) is 4.70. The van der Waals surface area contributed by atoms with Crippen LogP contribution in [0.15, 0.2) is 6.20 Å². The number of aromatic amines is 1. The Morgan fingerprint density at radius 3 is 2.82 bits per heavy atom. The highest BCUT2D eigenvalue weighted by Crippen LogP contribution is 2.11. The van der Waals surface area contributed by atoms with E-state index in [-0.39, 0.29) is 0 Å². The topological polar surface area (TPSA) is 47.2 Å². The first kappa shape index (κ1) is 12.4. The van der Waals surface area contributed by atoms with Crippen LogP contribution in [0.2, 0.25) is 0 Å². The van der Waals surface area contributed by atoms with Crippen LogP contribution < -0.4 is 10.2 Å². The second kappa shape index (κ2) is 6.02. The van der Waals surface area contributed by atoms with Gasteiger partial charge in [0.25, 0.3) is 0 Å². The lowest BCUT2D eigenvalue weighted by Crippen LogP contribution is -2.44. The van der Waals surface area contributed by atoms with Crippen LogP contribution in [0.4, 0.5) is 5.95 Å². The quantitative estimate of drug-likeness (QED) is 0.739. The van der Waals surface area contributed by atoms with Gasteiger partial charge in [0.05, 0.1) is 11.9 Å². The summed E-state index contributed by atoms with van der Waals surface area (Å²) in [6, 6.07) is 0. The molecule has 1 aromatic rings. The molecule has 0 aliphatic carbocycles. The summed E-state index contributed by atoms with van der Waals surface area (Å²) in [7, 11) is 2.17. The molecule has 5 heteroatoms. The number of H-pyrrole nitrogens is 1. The van der Waals surface area contributed by atoms with Gasteiger partial charge in [0.15, 0.2) is 0 Å². The molecule has 0 bridgehead atoms. The Kier molecular flexibility index (Phi) is 4.39. The molecule has 5 nitrogen and oxygen atoms in total. The van der Waals surface area contributed by atoms with Gasteiger partial charge in [-0.05, 0) is 20.0 Å². The highest BCUT2D eigenvalue weighted by Gasteiger charge is 2.16. The first-order chi connectivity index (χ1) is 8.29. The van der Waals surface area contributed by atoms with Crippen molar-refractivity contribution < 1.29 is 0 Å². The highest BCUT2D eigenvalue weighted by molar-refractivity contribution is 5.32. The summed E-state index contributed by atoms with van der Waals surface area (Å²) in [6.07, 6.45) is 3.11. The fourth-order valence-corrected chi connectivity index (χ4v) is 2.02. The maximum absolute atomic E-state index is 4.46. The average Bonchev–Trinajstić information content (AvgIpc) is 2.79. The van der Waals surface area contributed by atoms with E-state index >= 15 is 0 Å². The SMILES string of the molecule is CCCNCc1cnc(N2CCN(C)CC2)[nH]1. The van der Waals surface area contributed by atoms with Gasteiger partial charge in [0, 0.05) is 32.7 Å². The zero-order valence-corrected chi connectivity index (χ0v) is 10.9. The van der Waals surface area contributed by atoms with Crippen molar-refractivity contribution in [2.24, 2.45) is 0 Å². The van der Waals surface area contributed by atoms with Crippen LogP contribution in [0.25, 0.3) is 0 Å². The molecule has 1 aliphatic rings. The predicted octanol–water partition coefficient (Wildman–Crippen LogP) is 0.661. The molecule has 0 radical (unpaired) electrons. The van der Waals surface area contributed by atoms with Crippen LogP contribution in [-0.2, 0) is 6.54 Å². The Bertz CT molecular complexity index is 327. The van der Waals surface area contributed by atoms with Crippen LogP contribution in [0.1, 0.15) is 19.0 Å². The van der Waals surface area contributed by atoms with Crippen molar-refractivity contribution >= 4 is 5.95 Å². The Morgan fingerprint density at radius 1 is 1.35 bits per heavy atom. The maximum atomic E-state index is 4.46. The number of rotatable bonds is 5. The molecule has 2 N–H and O–H groups in total. The Labute approximate surface area is 103 Å². The van der Waals surface area contributed by atoms with E-state index in [0.717, 1.165) is 45.2 Å². The standard InChI is InChI=1S/C12H23N5/c1-3-4-13-9-11-10-14-12(15-11)17-7-5-16(2)6-8-17/h10,13H,3-9H2,1-2H3,(H,14,15). The summed E-state index contributed by atoms with van der Waals surface area (Å²) >= 11 is 0. The zero-order valence-electron chi connectivity index (χ0n) is 10.9. The number of piperazine rings is 1. The number of aromatic nitrogens is 2. The molecule has 17 heavy (non-hydrogen) atoms. The van der Waals surface area contributed by atoms with Crippen LogP contribution in [0, 0.1) is 0 Å². The van der Waals surface area contributed by atoms with Crippen molar-refractivity contribution in [2.45, 2.75) is 19.9 Å². The molecule has 0 unspecified atom stereocenters. The van der Waals surface area contributed by atoms with Gasteiger partial charge in [-0.15, -0.1) is 0 Å². The van der Waals surface area contributed by atoms with Crippen LogP contribution in [0.5, 0.6) is 0 Å². The lowest BCUT2D eigenvalue weighted by molar-refractivity contribution is 0.311. The summed E-state index contributed by atoms with van der Waals surface area (Å²) in [5, 5.41) is 3.38. The molecule has 96 valence electrons. The smallest absolute Gasteiger partial charge is 0.203 e. The van der Waals surface area contributed by atoms with Crippen LogP contribution in [-0.4, -0.2) is 54.6 Å². The number of hydrogen-bond donors (Lipinski definition) is 2. The molecule has 0 spiro atoms. The Morgan fingerprint density at radius 2 is 2.12 bits per heavy atom. The van der Waals surface area contributed by atoms with E-state index in [2.05, 4.69) is 39.1 Å². The minimum atomic E-state index is 0.884. The normalized spacial score (nSPS) is 17.6. The van der Waals surface area contributed by atoms with E-state index in [0.29, 0.717) is 0 Å². The highest BCUT2D eigenvalue weighted by atomic mass is 15.3. The van der Waals surface area contributed by atoms with E-state index in [9.17, 15) is 0 Å². The molecule has 1 fully saturated rings. The van der Waals surface area contributed by atoms with Gasteiger partial charge < -0.3 is 20.1 Å². The first-order valence-corrected chi connectivity index (χ1v) is 6.47. The van der Waals surface area contributed by atoms with E-state index < -0.39 is 0 Å². The number of nitrogens with zero attached hydrogens (tertiary/aromatic N) is 3. The number of likely N-dealkylation sites (N-methyl/N-ethyl adjacent to an activating group) is 1. The first-order valence-electron chi connectivity index (χ1n) is 6.47. The van der Waals surface area contributed by atoms with Crippen molar-refractivity contribution in [3.63, 3.8) is 0 Å². The molecule has 1 aliphatic heterocycles. The van der Waals surface area contributed by atoms with Gasteiger partial charge in [-0.25, -0.2) is 4.98 Å². The van der Waals surface area contributed by atoms with Crippen molar-refractivity contribution in [3.05, 3.63) is 11.9 Å². The van der Waals surface area contributed by atoms with Gasteiger partial charge in [-0.3, -0.25) is 0 Å². The number of anilines is 1. The number of hydrogen-bond acceptors (Lipinski definition) is 4. The predicted molar refractivity (Wildman–Crippen MR) is 70.3 cm³/mol. The van der Waals surface area contributed by atoms with E-state index in [1.165, 1.54) is 12.1 Å². The van der Waals surface area contributed by atoms with Gasteiger partial charge in [-0.1, -0.05) is 6.92 Å². The summed E-state index contributed by atoms with van der Waals surface area (Å²) in [6.45, 7) is 8.47. The van der Waals surface area contributed by atoms with E-state index in [1.54, 1.807) is 0 Å². The lowest BCUT2D eigenvalue weighted by atomic mass is 10.3. The fourth-order valence-electron chi connectivity index (χ4n) is 2.02. The number of nitrogens with one attached hydrogen (secondary N) is 2. The summed E-state index contributed by atoms with van der Waals surface area (Å²) in [4.78, 5) is 12.5. The summed E-state index contributed by atoms with van der Waals surface area (Å²) < 4.78 is 0. The molecule has 2 rings (SSSR count). The monoisotopic (exact) mass is 237 g/mol. The van der Waals surface area contributed by atoms with Gasteiger partial charge in [0.2, 0.25) is 5.95 Å².